The summed E-state index contributed by atoms with van der Waals surface area (Å²) in [7, 11) is 2.06. The molecule has 2 aromatic rings. The van der Waals surface area contributed by atoms with Crippen LogP contribution in [0.4, 0.5) is 0 Å². The van der Waals surface area contributed by atoms with Gasteiger partial charge >= 0.3 is 0 Å². The van der Waals surface area contributed by atoms with Crippen LogP contribution in [0.5, 0.6) is 0 Å². The summed E-state index contributed by atoms with van der Waals surface area (Å²) in [5.41, 5.74) is 10.7. The Morgan fingerprint density at radius 3 is 2.39 bits per heavy atom. The van der Waals surface area contributed by atoms with E-state index in [0.717, 1.165) is 24.4 Å². The van der Waals surface area contributed by atoms with Gasteiger partial charge in [0.1, 0.15) is 5.82 Å². The van der Waals surface area contributed by atoms with Gasteiger partial charge in [0.25, 0.3) is 0 Å². The average Bonchev–Trinajstić information content (AvgIpc) is 2.65. The molecule has 1 aromatic heterocycles. The van der Waals surface area contributed by atoms with Gasteiger partial charge in [-0.25, -0.2) is 4.98 Å². The van der Waals surface area contributed by atoms with Crippen molar-refractivity contribution >= 4 is 0 Å². The SMILES string of the molecule is Cc1ccc(CCc2c(CN)nc(C)n2C)cc1. The number of aromatic nitrogens is 2. The standard InChI is InChI=1S/C15H21N3/c1-11-4-6-13(7-5-11)8-9-15-14(10-16)17-12(2)18(15)3/h4-7H,8-10,16H2,1-3H3. The summed E-state index contributed by atoms with van der Waals surface area (Å²) in [5, 5.41) is 0. The van der Waals surface area contributed by atoms with Crippen molar-refractivity contribution in [2.75, 3.05) is 0 Å². The Morgan fingerprint density at radius 2 is 1.78 bits per heavy atom. The third-order valence-electron chi connectivity index (χ3n) is 3.48. The van der Waals surface area contributed by atoms with Crippen molar-refractivity contribution < 1.29 is 0 Å². The number of benzene rings is 1. The van der Waals surface area contributed by atoms with Crippen LogP contribution in [-0.4, -0.2) is 9.55 Å². The highest BCUT2D eigenvalue weighted by Gasteiger charge is 2.10. The third kappa shape index (κ3) is 2.62. The summed E-state index contributed by atoms with van der Waals surface area (Å²) in [6.45, 7) is 4.65. The molecular formula is C15H21N3. The van der Waals surface area contributed by atoms with Gasteiger partial charge in [-0.05, 0) is 32.3 Å². The predicted molar refractivity (Wildman–Crippen MR) is 74.4 cm³/mol. The Morgan fingerprint density at radius 1 is 1.11 bits per heavy atom. The van der Waals surface area contributed by atoms with Gasteiger partial charge < -0.3 is 10.3 Å². The third-order valence-corrected chi connectivity index (χ3v) is 3.48. The zero-order chi connectivity index (χ0) is 13.1. The maximum Gasteiger partial charge on any atom is 0.105 e. The van der Waals surface area contributed by atoms with E-state index in [2.05, 4.69) is 47.8 Å². The summed E-state index contributed by atoms with van der Waals surface area (Å²) >= 11 is 0. The zero-order valence-electron chi connectivity index (χ0n) is 11.4. The van der Waals surface area contributed by atoms with Crippen molar-refractivity contribution in [3.8, 4) is 0 Å². The first-order valence-electron chi connectivity index (χ1n) is 6.38. The minimum atomic E-state index is 0.519. The second-order valence-corrected chi connectivity index (χ2v) is 4.80. The Labute approximate surface area is 109 Å². The van der Waals surface area contributed by atoms with E-state index in [0.29, 0.717) is 6.54 Å². The van der Waals surface area contributed by atoms with Gasteiger partial charge in [-0.3, -0.25) is 0 Å². The van der Waals surface area contributed by atoms with Gasteiger partial charge in [0, 0.05) is 19.3 Å². The molecule has 0 aliphatic heterocycles. The lowest BCUT2D eigenvalue weighted by atomic mass is 10.1. The van der Waals surface area contributed by atoms with Gasteiger partial charge in [0.05, 0.1) is 5.69 Å². The number of nitrogens with two attached hydrogens (primary N) is 1. The fourth-order valence-corrected chi connectivity index (χ4v) is 2.22. The summed E-state index contributed by atoms with van der Waals surface area (Å²) in [6, 6.07) is 8.71. The smallest absolute Gasteiger partial charge is 0.105 e. The van der Waals surface area contributed by atoms with Crippen LogP contribution < -0.4 is 5.73 Å². The van der Waals surface area contributed by atoms with Crippen molar-refractivity contribution in [3.05, 3.63) is 52.6 Å². The Kier molecular flexibility index (Phi) is 3.82. The van der Waals surface area contributed by atoms with Crippen LogP contribution in [0.15, 0.2) is 24.3 Å². The number of hydrogen-bond donors (Lipinski definition) is 1. The molecular weight excluding hydrogens is 222 g/mol. The molecule has 0 aliphatic carbocycles. The van der Waals surface area contributed by atoms with Crippen LogP contribution in [0.3, 0.4) is 0 Å². The van der Waals surface area contributed by atoms with Crippen LogP contribution >= 0.6 is 0 Å². The highest BCUT2D eigenvalue weighted by atomic mass is 15.1. The molecule has 1 aromatic carbocycles. The van der Waals surface area contributed by atoms with E-state index >= 15 is 0 Å². The van der Waals surface area contributed by atoms with Crippen molar-refractivity contribution in [2.24, 2.45) is 12.8 Å². The highest BCUT2D eigenvalue weighted by Crippen LogP contribution is 2.13. The molecule has 18 heavy (non-hydrogen) atoms. The molecule has 0 saturated heterocycles. The van der Waals surface area contributed by atoms with Crippen LogP contribution in [0, 0.1) is 13.8 Å². The zero-order valence-corrected chi connectivity index (χ0v) is 11.4. The summed E-state index contributed by atoms with van der Waals surface area (Å²) in [4.78, 5) is 4.49. The minimum Gasteiger partial charge on any atom is -0.335 e. The minimum absolute atomic E-state index is 0.519. The van der Waals surface area contributed by atoms with Crippen molar-refractivity contribution in [1.29, 1.82) is 0 Å². The van der Waals surface area contributed by atoms with E-state index in [-0.39, 0.29) is 0 Å². The number of rotatable bonds is 4. The monoisotopic (exact) mass is 243 g/mol. The van der Waals surface area contributed by atoms with Crippen LogP contribution in [0.25, 0.3) is 0 Å². The fraction of sp³-hybridized carbons (Fsp3) is 0.400. The fourth-order valence-electron chi connectivity index (χ4n) is 2.22. The van der Waals surface area contributed by atoms with E-state index in [1.54, 1.807) is 0 Å². The molecule has 0 fully saturated rings. The summed E-state index contributed by atoms with van der Waals surface area (Å²) < 4.78 is 2.15. The van der Waals surface area contributed by atoms with E-state index in [4.69, 9.17) is 5.73 Å². The first kappa shape index (κ1) is 12.8. The summed E-state index contributed by atoms with van der Waals surface area (Å²) in [6.07, 6.45) is 2.03. The Hall–Kier alpha value is -1.61. The normalized spacial score (nSPS) is 10.9. The average molecular weight is 243 g/mol. The first-order valence-corrected chi connectivity index (χ1v) is 6.38. The van der Waals surface area contributed by atoms with Gasteiger partial charge in [-0.15, -0.1) is 0 Å². The van der Waals surface area contributed by atoms with Gasteiger partial charge in [0.15, 0.2) is 0 Å². The van der Waals surface area contributed by atoms with E-state index in [1.807, 2.05) is 6.92 Å². The molecule has 96 valence electrons. The van der Waals surface area contributed by atoms with Crippen molar-refractivity contribution in [3.63, 3.8) is 0 Å². The molecule has 3 nitrogen and oxygen atoms in total. The molecule has 2 N–H and O–H groups in total. The molecule has 0 amide bonds. The van der Waals surface area contributed by atoms with Crippen molar-refractivity contribution in [1.82, 2.24) is 9.55 Å². The molecule has 0 spiro atoms. The Bertz CT molecular complexity index is 523. The van der Waals surface area contributed by atoms with Crippen LogP contribution in [0.2, 0.25) is 0 Å². The van der Waals surface area contributed by atoms with Crippen LogP contribution in [-0.2, 0) is 26.4 Å². The maximum atomic E-state index is 5.75. The quantitative estimate of drug-likeness (QED) is 0.895. The molecule has 3 heteroatoms. The Balaban J connectivity index is 2.12. The molecule has 0 saturated carbocycles. The number of hydrogen-bond acceptors (Lipinski definition) is 2. The first-order chi connectivity index (χ1) is 8.61. The molecule has 0 atom stereocenters. The lowest BCUT2D eigenvalue weighted by Gasteiger charge is -2.06. The second kappa shape index (κ2) is 5.36. The maximum absolute atomic E-state index is 5.75. The largest absolute Gasteiger partial charge is 0.335 e. The molecule has 0 unspecified atom stereocenters. The van der Waals surface area contributed by atoms with Gasteiger partial charge in [0.2, 0.25) is 0 Å². The number of nitrogens with zero attached hydrogens (tertiary/aromatic N) is 2. The molecule has 0 aliphatic rings. The molecule has 0 bridgehead atoms. The predicted octanol–water partition coefficient (Wildman–Crippen LogP) is 2.28. The second-order valence-electron chi connectivity index (χ2n) is 4.80. The molecule has 0 radical (unpaired) electrons. The molecule has 2 rings (SSSR count). The number of aryl methyl sites for hydroxylation is 3. The molecule has 1 heterocycles. The lowest BCUT2D eigenvalue weighted by Crippen LogP contribution is -2.06. The highest BCUT2D eigenvalue weighted by molar-refractivity contribution is 5.24. The van der Waals surface area contributed by atoms with Gasteiger partial charge in [-0.2, -0.15) is 0 Å². The summed E-state index contributed by atoms with van der Waals surface area (Å²) in [5.74, 6) is 1.04. The van der Waals surface area contributed by atoms with E-state index < -0.39 is 0 Å². The van der Waals surface area contributed by atoms with Gasteiger partial charge in [-0.1, -0.05) is 29.8 Å². The van der Waals surface area contributed by atoms with E-state index in [9.17, 15) is 0 Å². The lowest BCUT2D eigenvalue weighted by molar-refractivity contribution is 0.765. The number of imidazole rings is 1. The van der Waals surface area contributed by atoms with E-state index in [1.165, 1.54) is 16.8 Å². The van der Waals surface area contributed by atoms with Crippen molar-refractivity contribution in [2.45, 2.75) is 33.2 Å². The topological polar surface area (TPSA) is 43.8 Å². The van der Waals surface area contributed by atoms with Crippen LogP contribution in [0.1, 0.15) is 28.3 Å².